The lowest BCUT2D eigenvalue weighted by atomic mass is 9.82. The van der Waals surface area contributed by atoms with Crippen molar-refractivity contribution < 1.29 is 124 Å². The third-order valence-corrected chi connectivity index (χ3v) is 26.8. The second-order valence-electron chi connectivity index (χ2n) is 34.9. The normalized spacial score (nSPS) is 23.4. The molecular weight excluding hydrogens is 1670 g/mol. The van der Waals surface area contributed by atoms with Crippen molar-refractivity contribution in [1.29, 1.82) is 0 Å². The van der Waals surface area contributed by atoms with E-state index in [1.54, 1.807) is 113 Å². The molecule has 4 aliphatic carbocycles. The fourth-order valence-electron chi connectivity index (χ4n) is 20.2. The standard InChI is InChI=1S/4C31H31N2O/c1-17(2)22-14-26(33(7)16-19(22)4)27-18(3)8-9-20-21-10-11-25-28(30(21)34-29(20)27)23-15-32-13-12-24(23)31(25,5)6;1-17(2)23-14-26(33(7)16-19(23)4)27-18(3)8-9-20-21-10-11-24-28(30(21)34-29(20)27)22-12-13-32-15-25(22)31(24,5)6;1-17(2)22-15-25(33(7)16-19(22)4)26-18(3)10-11-20-21-12-13-23-27(30(21)34-29(20)26)28-24(31(23,5)6)9-8-14-32-28;1-17(2)23-15-25(33(7)16-19(23)4)26-18(3)10-11-20-21-12-13-24-27(29(21)34-28(20)26)22-9-8-14-32-30(22)31(24,5)6/h4*8-17H,1-7H3/q4*+1/i4*1D3,2D3,4D3,5D3,6D3,17D. The Morgan fingerprint density at radius 2 is 0.596 bits per heavy atom. The number of hydrogen-bond donors (Lipinski definition) is 0. The van der Waals surface area contributed by atoms with E-state index >= 15 is 0 Å². The molecule has 0 N–H and O–H groups in total. The molecule has 12 nitrogen and oxygen atoms in total. The summed E-state index contributed by atoms with van der Waals surface area (Å²) in [5.74, 6) is -13.4. The highest BCUT2D eigenvalue weighted by molar-refractivity contribution is 6.19. The van der Waals surface area contributed by atoms with Crippen molar-refractivity contribution in [2.24, 2.45) is 28.2 Å². The van der Waals surface area contributed by atoms with Crippen molar-refractivity contribution in [3.63, 3.8) is 0 Å². The third kappa shape index (κ3) is 13.3. The summed E-state index contributed by atoms with van der Waals surface area (Å²) in [5.41, 5.74) is -7.92. The van der Waals surface area contributed by atoms with Gasteiger partial charge in [0.05, 0.1) is 33.6 Å². The summed E-state index contributed by atoms with van der Waals surface area (Å²) in [6, 6.07) is 39.3. The summed E-state index contributed by atoms with van der Waals surface area (Å²) >= 11 is 0. The predicted molar refractivity (Wildman–Crippen MR) is 557 cm³/mol. The highest BCUT2D eigenvalue weighted by atomic mass is 16.3. The molecule has 8 aromatic carbocycles. The van der Waals surface area contributed by atoms with E-state index in [1.807, 2.05) is 0 Å². The van der Waals surface area contributed by atoms with Gasteiger partial charge in [-0.25, -0.2) is 18.3 Å². The first-order chi connectivity index (χ1) is 90.8. The van der Waals surface area contributed by atoms with E-state index in [0.717, 1.165) is 49.1 Å². The Morgan fingerprint density at radius 3 is 0.985 bits per heavy atom. The molecule has 12 heterocycles. The first-order valence-corrected chi connectivity index (χ1v) is 42.8. The molecule has 0 fully saturated rings. The van der Waals surface area contributed by atoms with Gasteiger partial charge < -0.3 is 17.7 Å². The Bertz CT molecular complexity index is 9940. The lowest BCUT2D eigenvalue weighted by Gasteiger charge is -2.20. The van der Waals surface area contributed by atoms with Gasteiger partial charge in [0.2, 0.25) is 22.8 Å². The Labute approximate surface area is 888 Å². The van der Waals surface area contributed by atoms with Crippen molar-refractivity contribution >= 4 is 87.8 Å². The first kappa shape index (κ1) is 42.2. The zero-order valence-electron chi connectivity index (χ0n) is 138. The predicted octanol–water partition coefficient (Wildman–Crippen LogP) is 30.1. The molecule has 0 radical (unpaired) electrons. The maximum Gasteiger partial charge on any atom is 0.216 e. The average Bonchev–Trinajstić information content (AvgIpc) is 1.51. The minimum absolute atomic E-state index is 0.00299. The maximum absolute atomic E-state index is 8.91. The number of benzene rings is 8. The highest BCUT2D eigenvalue weighted by Gasteiger charge is 2.44. The molecule has 0 saturated carbocycles. The van der Waals surface area contributed by atoms with Crippen LogP contribution in [0.15, 0.2) is 237 Å². The summed E-state index contributed by atoms with van der Waals surface area (Å²) in [7, 11) is 5.97. The smallest absolute Gasteiger partial charge is 0.216 e. The van der Waals surface area contributed by atoms with Gasteiger partial charge in [-0.05, 0) is 192 Å². The molecule has 136 heavy (non-hydrogen) atoms. The van der Waals surface area contributed by atoms with Gasteiger partial charge in [0.1, 0.15) is 72.9 Å². The van der Waals surface area contributed by atoms with Crippen LogP contribution < -0.4 is 18.3 Å². The summed E-state index contributed by atoms with van der Waals surface area (Å²) in [4.78, 5) is 17.0. The summed E-state index contributed by atoms with van der Waals surface area (Å²) in [6.07, 6.45) is 12.5. The number of nitrogens with zero attached hydrogens (tertiary/aromatic N) is 8. The lowest BCUT2D eigenvalue weighted by Crippen LogP contribution is -2.32. The van der Waals surface area contributed by atoms with Gasteiger partial charge >= 0.3 is 0 Å². The minimum Gasteiger partial charge on any atom is -0.454 e. The van der Waals surface area contributed by atoms with Crippen LogP contribution in [0.4, 0.5) is 0 Å². The monoisotopic (exact) mass is 1850 g/mol. The summed E-state index contributed by atoms with van der Waals surface area (Å²) < 4.78 is 563. The van der Waals surface area contributed by atoms with E-state index in [0.29, 0.717) is 93.2 Å². The van der Waals surface area contributed by atoms with E-state index < -0.39 is 227 Å². The number of hydrogen-bond acceptors (Lipinski definition) is 8. The molecule has 0 aliphatic heterocycles. The highest BCUT2D eigenvalue weighted by Crippen LogP contribution is 2.59. The molecule has 12 aromatic heterocycles. The molecule has 0 saturated heterocycles. The fourth-order valence-corrected chi connectivity index (χ4v) is 20.2. The van der Waals surface area contributed by atoms with Gasteiger partial charge in [0.25, 0.3) is 0 Å². The van der Waals surface area contributed by atoms with Crippen LogP contribution in [0.2, 0.25) is 0 Å². The van der Waals surface area contributed by atoms with E-state index in [1.165, 1.54) is 132 Å². The van der Waals surface area contributed by atoms with E-state index in [-0.39, 0.29) is 151 Å². The van der Waals surface area contributed by atoms with Crippen molar-refractivity contribution in [3.8, 4) is 89.7 Å². The topological polar surface area (TPSA) is 120 Å². The summed E-state index contributed by atoms with van der Waals surface area (Å²) in [6.45, 7) is -57.3. The largest absolute Gasteiger partial charge is 0.454 e. The van der Waals surface area contributed by atoms with E-state index in [4.69, 9.17) is 105 Å². The average molecular weight is 1850 g/mol. The molecular formula is C124H124N8O4+4. The molecule has 0 bridgehead atoms. The lowest BCUT2D eigenvalue weighted by molar-refractivity contribution is -0.660. The number of rotatable bonds is 8. The SMILES string of the molecule is [2H]C([2H])([2H])c1c[n+](C)c(-c2c(C)ccc3c2oc2c4c(ccc23)C(C([2H])([2H])[2H])(C([2H])([2H])[2H])c2cccnc2-4)cc1C([2H])(C([2H])([2H])[2H])C([2H])([2H])[2H].[2H]C([2H])([2H])c1c[n+](C)c(-c2c(C)ccc3c2oc2c4c(ccc23)C(C([2H])([2H])[2H])(C([2H])([2H])[2H])c2ccncc2-4)cc1C([2H])(C([2H])([2H])[2H])C([2H])([2H])[2H].[2H]C([2H])([2H])c1c[n+](C)c(-c2c(C)ccc3c2oc2c4c(ccc23)C(C([2H])([2H])[2H])(C([2H])([2H])[2H])c2cnccc2-4)cc1C([2H])(C([2H])([2H])[2H])C([2H])([2H])[2H].[2H]C([2H])([2H])c1c[n+](C)c(-c2c(C)ccc3c2oc2c4c(ccc23)C(C([2H])([2H])[2H])(C([2H])([2H])[2H])c2ncccc2-4)cc1C([2H])(C([2H])([2H])[2H])C([2H])([2H])[2H]. The van der Waals surface area contributed by atoms with Gasteiger partial charge in [-0.2, -0.15) is 0 Å². The molecule has 24 rings (SSSR count). The van der Waals surface area contributed by atoms with Gasteiger partial charge in [0, 0.05) is 270 Å². The van der Waals surface area contributed by atoms with Crippen molar-refractivity contribution in [3.05, 3.63) is 331 Å². The number of aromatic nitrogens is 8. The quantitative estimate of drug-likeness (QED) is 0.138. The number of fused-ring (bicyclic) bond motifs is 28. The van der Waals surface area contributed by atoms with Crippen LogP contribution in [0, 0.1) is 55.1 Å². The van der Waals surface area contributed by atoms with Crippen LogP contribution in [0.3, 0.4) is 0 Å². The molecule has 0 unspecified atom stereocenters. The van der Waals surface area contributed by atoms with Crippen LogP contribution in [0.25, 0.3) is 177 Å². The Hall–Kier alpha value is -13.8. The van der Waals surface area contributed by atoms with Gasteiger partial charge in [-0.1, -0.05) is 219 Å². The number of aryl methyl sites for hydroxylation is 12. The fraction of sp³-hybridized carbons (Fsp3) is 0.290. The first-order valence-electron chi connectivity index (χ1n) is 74.8. The zero-order valence-corrected chi connectivity index (χ0v) is 74.0. The minimum atomic E-state index is -3.48. The third-order valence-electron chi connectivity index (χ3n) is 26.8. The second-order valence-corrected chi connectivity index (χ2v) is 34.9. The molecule has 12 heteroatoms. The van der Waals surface area contributed by atoms with Crippen LogP contribution in [0.1, 0.15) is 332 Å². The van der Waals surface area contributed by atoms with Crippen LogP contribution in [-0.4, -0.2) is 19.9 Å². The molecule has 0 spiro atoms. The number of pyridine rings is 8. The van der Waals surface area contributed by atoms with Crippen molar-refractivity contribution in [2.75, 3.05) is 0 Å². The van der Waals surface area contributed by atoms with Gasteiger partial charge in [-0.3, -0.25) is 19.9 Å². The number of furan rings is 4. The van der Waals surface area contributed by atoms with Crippen molar-refractivity contribution in [2.45, 2.75) is 210 Å². The zero-order chi connectivity index (χ0) is 149. The molecule has 4 aliphatic rings. The van der Waals surface area contributed by atoms with Crippen molar-refractivity contribution in [1.82, 2.24) is 19.9 Å². The molecule has 0 atom stereocenters. The van der Waals surface area contributed by atoms with Crippen LogP contribution in [0.5, 0.6) is 0 Å². The Balaban J connectivity index is 0.000000147. The summed E-state index contributed by atoms with van der Waals surface area (Å²) in [5, 5.41) is 3.95. The van der Waals surface area contributed by atoms with E-state index in [9.17, 15) is 0 Å². The Morgan fingerprint density at radius 1 is 0.279 bits per heavy atom. The van der Waals surface area contributed by atoms with Crippen LogP contribution in [-0.2, 0) is 49.9 Å². The maximum atomic E-state index is 8.91. The van der Waals surface area contributed by atoms with Gasteiger partial charge in [0.15, 0.2) is 24.8 Å². The van der Waals surface area contributed by atoms with Gasteiger partial charge in [-0.15, -0.1) is 0 Å². The molecule has 0 amide bonds. The van der Waals surface area contributed by atoms with Crippen LogP contribution >= 0.6 is 0 Å². The second kappa shape index (κ2) is 31.9. The molecule has 680 valence electrons. The Kier molecular flexibility index (Phi) is 9.90. The molecule has 20 aromatic rings. The van der Waals surface area contributed by atoms with E-state index in [2.05, 4.69) is 19.9 Å².